The summed E-state index contributed by atoms with van der Waals surface area (Å²) in [6.07, 6.45) is 5.09. The lowest BCUT2D eigenvalue weighted by molar-refractivity contribution is 0.203. The van der Waals surface area contributed by atoms with E-state index in [1.54, 1.807) is 14.2 Å². The van der Waals surface area contributed by atoms with Gasteiger partial charge in [0.1, 0.15) is 0 Å². The molecule has 5 heteroatoms. The van der Waals surface area contributed by atoms with Crippen LogP contribution < -0.4 is 10.6 Å². The molecule has 98 valence electrons. The average molecular weight is 343 g/mol. The third-order valence-electron chi connectivity index (χ3n) is 2.15. The highest BCUT2D eigenvalue weighted by Crippen LogP contribution is 1.96. The van der Waals surface area contributed by atoms with Gasteiger partial charge in [0.05, 0.1) is 6.61 Å². The normalized spacial score (nSPS) is 10.8. The molecule has 0 unspecified atom stereocenters. The fraction of sp³-hybridized carbons (Fsp3) is 0.909. The topological polar surface area (TPSA) is 45.7 Å². The summed E-state index contributed by atoms with van der Waals surface area (Å²) in [6.45, 7) is 4.72. The molecule has 16 heavy (non-hydrogen) atoms. The second-order valence-corrected chi connectivity index (χ2v) is 3.48. The minimum atomic E-state index is 0. The highest BCUT2D eigenvalue weighted by Gasteiger charge is 1.95. The van der Waals surface area contributed by atoms with Crippen LogP contribution in [-0.4, -0.2) is 39.8 Å². The number of halogens is 1. The molecular formula is C11H26IN3O. The standard InChI is InChI=1S/C11H25N3O.HI/c1-4-5-6-7-8-13-11(12-2)14-9-10-15-3;/h4-10H2,1-3H3,(H2,12,13,14);1H. The molecule has 2 N–H and O–H groups in total. The van der Waals surface area contributed by atoms with Gasteiger partial charge in [0.15, 0.2) is 5.96 Å². The minimum Gasteiger partial charge on any atom is -0.383 e. The van der Waals surface area contributed by atoms with Gasteiger partial charge in [0.25, 0.3) is 0 Å². The number of rotatable bonds is 8. The van der Waals surface area contributed by atoms with E-state index in [1.807, 2.05) is 0 Å². The van der Waals surface area contributed by atoms with Crippen molar-refractivity contribution in [1.82, 2.24) is 10.6 Å². The first-order chi connectivity index (χ1) is 7.35. The Morgan fingerprint density at radius 2 is 1.81 bits per heavy atom. The first kappa shape index (κ1) is 18.3. The van der Waals surface area contributed by atoms with Crippen molar-refractivity contribution in [2.75, 3.05) is 33.9 Å². The largest absolute Gasteiger partial charge is 0.383 e. The van der Waals surface area contributed by atoms with E-state index in [0.717, 1.165) is 19.0 Å². The molecular weight excluding hydrogens is 317 g/mol. The van der Waals surface area contributed by atoms with E-state index in [1.165, 1.54) is 25.7 Å². The molecule has 0 aliphatic carbocycles. The zero-order chi connectivity index (χ0) is 11.4. The van der Waals surface area contributed by atoms with Crippen LogP contribution in [0.1, 0.15) is 32.6 Å². The lowest BCUT2D eigenvalue weighted by Crippen LogP contribution is -2.39. The Labute approximate surface area is 117 Å². The van der Waals surface area contributed by atoms with Crippen molar-refractivity contribution in [3.05, 3.63) is 0 Å². The van der Waals surface area contributed by atoms with Crippen molar-refractivity contribution in [1.29, 1.82) is 0 Å². The molecule has 0 aromatic carbocycles. The Morgan fingerprint density at radius 3 is 2.38 bits per heavy atom. The van der Waals surface area contributed by atoms with Gasteiger partial charge in [-0.05, 0) is 6.42 Å². The van der Waals surface area contributed by atoms with Crippen LogP contribution in [0.25, 0.3) is 0 Å². The third-order valence-corrected chi connectivity index (χ3v) is 2.15. The predicted octanol–water partition coefficient (Wildman–Crippen LogP) is 2.00. The maximum atomic E-state index is 4.95. The summed E-state index contributed by atoms with van der Waals surface area (Å²) in [5.74, 6) is 0.864. The van der Waals surface area contributed by atoms with Gasteiger partial charge in [-0.25, -0.2) is 0 Å². The van der Waals surface area contributed by atoms with Gasteiger partial charge < -0.3 is 15.4 Å². The quantitative estimate of drug-likeness (QED) is 0.307. The van der Waals surface area contributed by atoms with Gasteiger partial charge in [0.2, 0.25) is 0 Å². The number of ether oxygens (including phenoxy) is 1. The molecule has 0 spiro atoms. The molecule has 0 aromatic rings. The number of hydrogen-bond acceptors (Lipinski definition) is 2. The van der Waals surface area contributed by atoms with Crippen molar-refractivity contribution >= 4 is 29.9 Å². The van der Waals surface area contributed by atoms with E-state index in [9.17, 15) is 0 Å². The lowest BCUT2D eigenvalue weighted by atomic mass is 10.2. The summed E-state index contributed by atoms with van der Waals surface area (Å²) < 4.78 is 4.95. The van der Waals surface area contributed by atoms with E-state index in [0.29, 0.717) is 6.61 Å². The average Bonchev–Trinajstić information content (AvgIpc) is 2.26. The second-order valence-electron chi connectivity index (χ2n) is 3.48. The molecule has 0 rings (SSSR count). The van der Waals surface area contributed by atoms with Crippen molar-refractivity contribution < 1.29 is 4.74 Å². The molecule has 0 fully saturated rings. The first-order valence-corrected chi connectivity index (χ1v) is 5.78. The molecule has 0 atom stereocenters. The summed E-state index contributed by atoms with van der Waals surface area (Å²) in [7, 11) is 3.48. The number of methoxy groups -OCH3 is 1. The Bertz CT molecular complexity index is 165. The van der Waals surface area contributed by atoms with Gasteiger partial charge in [-0.15, -0.1) is 24.0 Å². The van der Waals surface area contributed by atoms with E-state index < -0.39 is 0 Å². The maximum Gasteiger partial charge on any atom is 0.191 e. The molecule has 0 saturated carbocycles. The molecule has 0 saturated heterocycles. The van der Waals surface area contributed by atoms with Gasteiger partial charge in [-0.1, -0.05) is 26.2 Å². The highest BCUT2D eigenvalue weighted by atomic mass is 127. The van der Waals surface area contributed by atoms with Crippen LogP contribution >= 0.6 is 24.0 Å². The Kier molecular flexibility index (Phi) is 17.1. The van der Waals surface area contributed by atoms with E-state index in [4.69, 9.17) is 4.74 Å². The SMILES string of the molecule is CCCCCCNC(=NC)NCCOC.I. The number of nitrogens with zero attached hydrogens (tertiary/aromatic N) is 1. The van der Waals surface area contributed by atoms with Crippen LogP contribution in [-0.2, 0) is 4.74 Å². The Balaban J connectivity index is 0. The van der Waals surface area contributed by atoms with Crippen molar-refractivity contribution in [3.8, 4) is 0 Å². The fourth-order valence-corrected chi connectivity index (χ4v) is 1.25. The van der Waals surface area contributed by atoms with E-state index in [-0.39, 0.29) is 24.0 Å². The Hall–Kier alpha value is -0.0400. The van der Waals surface area contributed by atoms with Crippen molar-refractivity contribution in [2.24, 2.45) is 4.99 Å². The third kappa shape index (κ3) is 12.0. The number of hydrogen-bond donors (Lipinski definition) is 2. The molecule has 0 heterocycles. The minimum absolute atomic E-state index is 0. The maximum absolute atomic E-state index is 4.95. The van der Waals surface area contributed by atoms with Gasteiger partial charge in [-0.2, -0.15) is 0 Å². The molecule has 0 aliphatic rings. The van der Waals surface area contributed by atoms with Crippen LogP contribution in [0.15, 0.2) is 4.99 Å². The molecule has 0 amide bonds. The van der Waals surface area contributed by atoms with E-state index >= 15 is 0 Å². The number of aliphatic imine (C=N–C) groups is 1. The smallest absolute Gasteiger partial charge is 0.191 e. The number of nitrogens with one attached hydrogen (secondary N) is 2. The fourth-order valence-electron chi connectivity index (χ4n) is 1.25. The summed E-state index contributed by atoms with van der Waals surface area (Å²) >= 11 is 0. The van der Waals surface area contributed by atoms with Crippen LogP contribution in [0.2, 0.25) is 0 Å². The highest BCUT2D eigenvalue weighted by molar-refractivity contribution is 14.0. The molecule has 4 nitrogen and oxygen atoms in total. The zero-order valence-corrected chi connectivity index (χ0v) is 13.0. The van der Waals surface area contributed by atoms with Crippen molar-refractivity contribution in [3.63, 3.8) is 0 Å². The lowest BCUT2D eigenvalue weighted by Gasteiger charge is -2.11. The first-order valence-electron chi connectivity index (χ1n) is 5.78. The van der Waals surface area contributed by atoms with Crippen molar-refractivity contribution in [2.45, 2.75) is 32.6 Å². The predicted molar refractivity (Wildman–Crippen MR) is 80.8 cm³/mol. The summed E-state index contributed by atoms with van der Waals surface area (Å²) in [5, 5.41) is 6.45. The zero-order valence-electron chi connectivity index (χ0n) is 10.7. The van der Waals surface area contributed by atoms with Gasteiger partial charge in [0, 0.05) is 27.2 Å². The van der Waals surface area contributed by atoms with Crippen LogP contribution in [0.5, 0.6) is 0 Å². The summed E-state index contributed by atoms with van der Waals surface area (Å²) in [6, 6.07) is 0. The molecule has 0 aromatic heterocycles. The molecule has 0 radical (unpaired) electrons. The second kappa shape index (κ2) is 15.0. The van der Waals surface area contributed by atoms with Gasteiger partial charge >= 0.3 is 0 Å². The number of guanidine groups is 1. The molecule has 0 aliphatic heterocycles. The van der Waals surface area contributed by atoms with Gasteiger partial charge in [-0.3, -0.25) is 4.99 Å². The van der Waals surface area contributed by atoms with Crippen LogP contribution in [0.4, 0.5) is 0 Å². The monoisotopic (exact) mass is 343 g/mol. The Morgan fingerprint density at radius 1 is 1.12 bits per heavy atom. The number of unbranched alkanes of at least 4 members (excludes halogenated alkanes) is 3. The summed E-state index contributed by atoms with van der Waals surface area (Å²) in [5.41, 5.74) is 0. The summed E-state index contributed by atoms with van der Waals surface area (Å²) in [4.78, 5) is 4.12. The van der Waals surface area contributed by atoms with Crippen LogP contribution in [0, 0.1) is 0 Å². The molecule has 0 bridgehead atoms. The van der Waals surface area contributed by atoms with E-state index in [2.05, 4.69) is 22.5 Å². The van der Waals surface area contributed by atoms with Crippen LogP contribution in [0.3, 0.4) is 0 Å².